The molecule has 3 N–H and O–H groups in total. The number of carbonyl (C=O) groups is 3. The van der Waals surface area contributed by atoms with Gasteiger partial charge in [-0.05, 0) is 24.3 Å². The van der Waals surface area contributed by atoms with Gasteiger partial charge >= 0.3 is 0 Å². The van der Waals surface area contributed by atoms with Crippen molar-refractivity contribution in [1.82, 2.24) is 5.48 Å². The Morgan fingerprint density at radius 2 is 1.72 bits per heavy atom. The molecule has 1 fully saturated rings. The standard InChI is InChI=1S/C18H17N3O4/c22-16-10-12(11-21(16)13-6-2-1-3-7-13)17(23)19-15-9-5-4-8-14(15)18(24)20-25/h1-9,12,25H,10-11H2,(H,19,23)(H,20,24). The lowest BCUT2D eigenvalue weighted by molar-refractivity contribution is -0.122. The molecule has 128 valence electrons. The van der Waals surface area contributed by atoms with E-state index >= 15 is 0 Å². The summed E-state index contributed by atoms with van der Waals surface area (Å²) >= 11 is 0. The van der Waals surface area contributed by atoms with E-state index in [0.717, 1.165) is 5.69 Å². The minimum atomic E-state index is -0.718. The van der Waals surface area contributed by atoms with Crippen LogP contribution in [0.4, 0.5) is 11.4 Å². The second kappa shape index (κ2) is 7.14. The number of nitrogens with one attached hydrogen (secondary N) is 2. The first-order valence-electron chi connectivity index (χ1n) is 7.80. The van der Waals surface area contributed by atoms with Gasteiger partial charge in [-0.1, -0.05) is 30.3 Å². The van der Waals surface area contributed by atoms with Crippen molar-refractivity contribution in [1.29, 1.82) is 0 Å². The van der Waals surface area contributed by atoms with Crippen LogP contribution in [0.25, 0.3) is 0 Å². The van der Waals surface area contributed by atoms with Crippen LogP contribution in [0.2, 0.25) is 0 Å². The van der Waals surface area contributed by atoms with Gasteiger partial charge in [0.2, 0.25) is 11.8 Å². The predicted octanol–water partition coefficient (Wildman–Crippen LogP) is 1.80. The van der Waals surface area contributed by atoms with Crippen LogP contribution in [0.15, 0.2) is 54.6 Å². The Kier molecular flexibility index (Phi) is 4.76. The quantitative estimate of drug-likeness (QED) is 0.584. The van der Waals surface area contributed by atoms with Crippen molar-refractivity contribution >= 4 is 29.1 Å². The largest absolute Gasteiger partial charge is 0.325 e. The van der Waals surface area contributed by atoms with Gasteiger partial charge in [-0.3, -0.25) is 19.6 Å². The lowest BCUT2D eigenvalue weighted by Gasteiger charge is -2.17. The smallest absolute Gasteiger partial charge is 0.276 e. The van der Waals surface area contributed by atoms with E-state index in [1.165, 1.54) is 6.07 Å². The number of para-hydroxylation sites is 2. The molecule has 25 heavy (non-hydrogen) atoms. The third-order valence-electron chi connectivity index (χ3n) is 4.09. The van der Waals surface area contributed by atoms with Gasteiger partial charge in [-0.2, -0.15) is 0 Å². The minimum Gasteiger partial charge on any atom is -0.325 e. The first-order chi connectivity index (χ1) is 12.1. The van der Waals surface area contributed by atoms with Gasteiger partial charge < -0.3 is 10.2 Å². The molecule has 3 amide bonds. The van der Waals surface area contributed by atoms with E-state index in [1.54, 1.807) is 28.6 Å². The normalized spacial score (nSPS) is 16.6. The SMILES string of the molecule is O=C(NO)c1ccccc1NC(=O)C1CC(=O)N(c2ccccc2)C1. The Morgan fingerprint density at radius 3 is 2.44 bits per heavy atom. The van der Waals surface area contributed by atoms with Crippen molar-refractivity contribution in [2.75, 3.05) is 16.8 Å². The first kappa shape index (κ1) is 16.7. The van der Waals surface area contributed by atoms with Crippen LogP contribution in [0.1, 0.15) is 16.8 Å². The van der Waals surface area contributed by atoms with E-state index in [0.29, 0.717) is 0 Å². The lowest BCUT2D eigenvalue weighted by atomic mass is 10.1. The molecule has 2 aromatic carbocycles. The van der Waals surface area contributed by atoms with Gasteiger partial charge in [0.05, 0.1) is 17.2 Å². The summed E-state index contributed by atoms with van der Waals surface area (Å²) in [5.41, 5.74) is 2.72. The summed E-state index contributed by atoms with van der Waals surface area (Å²) in [6, 6.07) is 15.5. The summed E-state index contributed by atoms with van der Waals surface area (Å²) < 4.78 is 0. The predicted molar refractivity (Wildman–Crippen MR) is 91.2 cm³/mol. The molecule has 0 aliphatic carbocycles. The molecule has 1 unspecified atom stereocenters. The lowest BCUT2D eigenvalue weighted by Crippen LogP contribution is -2.29. The van der Waals surface area contributed by atoms with Gasteiger partial charge in [0, 0.05) is 18.7 Å². The average molecular weight is 339 g/mol. The molecule has 7 nitrogen and oxygen atoms in total. The number of benzene rings is 2. The summed E-state index contributed by atoms with van der Waals surface area (Å²) in [5.74, 6) is -1.69. The van der Waals surface area contributed by atoms with E-state index in [2.05, 4.69) is 5.32 Å². The summed E-state index contributed by atoms with van der Waals surface area (Å²) in [5, 5.41) is 11.5. The molecule has 1 heterocycles. The molecule has 1 saturated heterocycles. The van der Waals surface area contributed by atoms with Gasteiger partial charge in [0.1, 0.15) is 0 Å². The third kappa shape index (κ3) is 3.51. The fraction of sp³-hybridized carbons (Fsp3) is 0.167. The number of amides is 3. The molecule has 0 aromatic heterocycles. The number of hydroxylamine groups is 1. The highest BCUT2D eigenvalue weighted by Gasteiger charge is 2.35. The Labute approximate surface area is 144 Å². The molecule has 1 atom stereocenters. The number of carbonyl (C=O) groups excluding carboxylic acids is 3. The van der Waals surface area contributed by atoms with E-state index < -0.39 is 11.8 Å². The van der Waals surface area contributed by atoms with E-state index in [1.807, 2.05) is 30.3 Å². The molecule has 0 saturated carbocycles. The zero-order valence-corrected chi connectivity index (χ0v) is 13.3. The van der Waals surface area contributed by atoms with Gasteiger partial charge in [-0.15, -0.1) is 0 Å². The molecule has 2 aromatic rings. The molecule has 1 aliphatic rings. The topological polar surface area (TPSA) is 98.7 Å². The summed E-state index contributed by atoms with van der Waals surface area (Å²) in [6.07, 6.45) is 0.106. The summed E-state index contributed by atoms with van der Waals surface area (Å²) in [6.45, 7) is 0.281. The maximum absolute atomic E-state index is 12.5. The summed E-state index contributed by atoms with van der Waals surface area (Å²) in [4.78, 5) is 38.0. The van der Waals surface area contributed by atoms with Crippen molar-refractivity contribution in [3.05, 3.63) is 60.2 Å². The monoisotopic (exact) mass is 339 g/mol. The van der Waals surface area contributed by atoms with Crippen molar-refractivity contribution in [2.24, 2.45) is 5.92 Å². The number of anilines is 2. The first-order valence-corrected chi connectivity index (χ1v) is 7.80. The van der Waals surface area contributed by atoms with Crippen molar-refractivity contribution in [2.45, 2.75) is 6.42 Å². The number of rotatable bonds is 4. The van der Waals surface area contributed by atoms with Crippen LogP contribution in [0.3, 0.4) is 0 Å². The van der Waals surface area contributed by atoms with Crippen molar-refractivity contribution < 1.29 is 19.6 Å². The molecule has 7 heteroatoms. The molecule has 1 aliphatic heterocycles. The zero-order valence-electron chi connectivity index (χ0n) is 13.3. The fourth-order valence-electron chi connectivity index (χ4n) is 2.83. The van der Waals surface area contributed by atoms with Crippen LogP contribution in [-0.4, -0.2) is 29.5 Å². The Morgan fingerprint density at radius 1 is 1.04 bits per heavy atom. The van der Waals surface area contributed by atoms with E-state index in [9.17, 15) is 14.4 Å². The number of hydrogen-bond donors (Lipinski definition) is 3. The van der Waals surface area contributed by atoms with Crippen LogP contribution >= 0.6 is 0 Å². The van der Waals surface area contributed by atoms with Crippen LogP contribution in [-0.2, 0) is 9.59 Å². The molecule has 0 bridgehead atoms. The molecule has 3 rings (SSSR count). The van der Waals surface area contributed by atoms with Crippen LogP contribution in [0.5, 0.6) is 0 Å². The second-order valence-corrected chi connectivity index (χ2v) is 5.72. The van der Waals surface area contributed by atoms with Gasteiger partial charge in [-0.25, -0.2) is 5.48 Å². The summed E-state index contributed by atoms with van der Waals surface area (Å²) in [7, 11) is 0. The van der Waals surface area contributed by atoms with Crippen LogP contribution < -0.4 is 15.7 Å². The fourth-order valence-corrected chi connectivity index (χ4v) is 2.83. The molecule has 0 spiro atoms. The van der Waals surface area contributed by atoms with E-state index in [-0.39, 0.29) is 36.0 Å². The van der Waals surface area contributed by atoms with E-state index in [4.69, 9.17) is 5.21 Å². The Bertz CT molecular complexity index is 807. The average Bonchev–Trinajstić information content (AvgIpc) is 3.04. The number of hydrogen-bond acceptors (Lipinski definition) is 4. The highest BCUT2D eigenvalue weighted by Crippen LogP contribution is 2.26. The molecular formula is C18H17N3O4. The minimum absolute atomic E-state index is 0.106. The zero-order chi connectivity index (χ0) is 17.8. The second-order valence-electron chi connectivity index (χ2n) is 5.72. The highest BCUT2D eigenvalue weighted by molar-refractivity contribution is 6.06. The maximum atomic E-state index is 12.5. The maximum Gasteiger partial charge on any atom is 0.276 e. The third-order valence-corrected chi connectivity index (χ3v) is 4.09. The van der Waals surface area contributed by atoms with Crippen molar-refractivity contribution in [3.8, 4) is 0 Å². The Hall–Kier alpha value is -3.19. The Balaban J connectivity index is 1.73. The molecule has 0 radical (unpaired) electrons. The molecular weight excluding hydrogens is 322 g/mol. The van der Waals surface area contributed by atoms with Gasteiger partial charge in [0.25, 0.3) is 5.91 Å². The highest BCUT2D eigenvalue weighted by atomic mass is 16.5. The van der Waals surface area contributed by atoms with Crippen LogP contribution in [0, 0.1) is 5.92 Å². The van der Waals surface area contributed by atoms with Gasteiger partial charge in [0.15, 0.2) is 0 Å². The van der Waals surface area contributed by atoms with Crippen molar-refractivity contribution in [3.63, 3.8) is 0 Å². The number of nitrogens with zero attached hydrogens (tertiary/aromatic N) is 1.